The molecule has 0 bridgehead atoms. The van der Waals surface area contributed by atoms with Crippen LogP contribution in [0.25, 0.3) is 0 Å². The summed E-state index contributed by atoms with van der Waals surface area (Å²) in [5.74, 6) is -1.43. The number of nitrogens with one attached hydrogen (secondary N) is 1. The van der Waals surface area contributed by atoms with Crippen molar-refractivity contribution in [1.29, 1.82) is 0 Å². The fourth-order valence-corrected chi connectivity index (χ4v) is 1.89. The maximum Gasteiger partial charge on any atom is 0.172 e. The van der Waals surface area contributed by atoms with Crippen molar-refractivity contribution >= 4 is 34.7 Å². The van der Waals surface area contributed by atoms with E-state index in [1.165, 1.54) is 0 Å². The summed E-state index contributed by atoms with van der Waals surface area (Å²) in [6, 6.07) is 1.71. The molecule has 0 saturated carbocycles. The molecule has 0 saturated heterocycles. The molecule has 0 fully saturated rings. The van der Waals surface area contributed by atoms with E-state index in [-0.39, 0.29) is 21.7 Å². The van der Waals surface area contributed by atoms with Crippen molar-refractivity contribution in [2.75, 3.05) is 5.32 Å². The molecule has 1 N–H and O–H groups in total. The molecule has 0 aliphatic heterocycles. The molecule has 1 aromatic heterocycles. The minimum absolute atomic E-state index is 0.0860. The van der Waals surface area contributed by atoms with Gasteiger partial charge in [-0.2, -0.15) is 0 Å². The summed E-state index contributed by atoms with van der Waals surface area (Å²) in [7, 11) is 0. The van der Waals surface area contributed by atoms with Crippen LogP contribution in [0.4, 0.5) is 20.3 Å². The van der Waals surface area contributed by atoms with Crippen LogP contribution in [0, 0.1) is 25.5 Å². The maximum absolute atomic E-state index is 13.6. The second kappa shape index (κ2) is 5.27. The summed E-state index contributed by atoms with van der Waals surface area (Å²) in [5, 5.41) is 2.61. The highest BCUT2D eigenvalue weighted by molar-refractivity contribution is 6.34. The Labute approximate surface area is 118 Å². The van der Waals surface area contributed by atoms with Crippen molar-refractivity contribution in [1.82, 2.24) is 9.97 Å². The van der Waals surface area contributed by atoms with Gasteiger partial charge in [0.1, 0.15) is 5.82 Å². The SMILES string of the molecule is Cc1nc(Cl)c(Nc2c(F)cc(F)cc2Cl)nc1C. The standard InChI is InChI=1S/C12H9Cl2F2N3/c1-5-6(2)18-12(11(14)17-5)19-10-8(13)3-7(15)4-9(10)16/h3-4H,1-2H3,(H,18,19). The van der Waals surface area contributed by atoms with Crippen molar-refractivity contribution in [3.8, 4) is 0 Å². The zero-order valence-corrected chi connectivity index (χ0v) is 11.6. The fraction of sp³-hybridized carbons (Fsp3) is 0.167. The van der Waals surface area contributed by atoms with Crippen LogP contribution in [0.5, 0.6) is 0 Å². The second-order valence-corrected chi connectivity index (χ2v) is 4.67. The number of hydrogen-bond donors (Lipinski definition) is 1. The molecule has 0 amide bonds. The van der Waals surface area contributed by atoms with Gasteiger partial charge in [0.05, 0.1) is 22.1 Å². The van der Waals surface area contributed by atoms with Gasteiger partial charge in [0.15, 0.2) is 16.8 Å². The minimum atomic E-state index is -0.832. The average Bonchev–Trinajstić information content (AvgIpc) is 2.29. The first-order valence-corrected chi connectivity index (χ1v) is 6.06. The lowest BCUT2D eigenvalue weighted by atomic mass is 10.3. The lowest BCUT2D eigenvalue weighted by Crippen LogP contribution is -2.03. The number of benzene rings is 1. The molecular weight excluding hydrogens is 295 g/mol. The van der Waals surface area contributed by atoms with Crippen molar-refractivity contribution in [3.05, 3.63) is 45.3 Å². The molecule has 3 nitrogen and oxygen atoms in total. The van der Waals surface area contributed by atoms with Crippen molar-refractivity contribution in [2.45, 2.75) is 13.8 Å². The van der Waals surface area contributed by atoms with Crippen LogP contribution in [0.3, 0.4) is 0 Å². The molecule has 7 heteroatoms. The Bertz CT molecular complexity index is 624. The average molecular weight is 304 g/mol. The third kappa shape index (κ3) is 2.93. The summed E-state index contributed by atoms with van der Waals surface area (Å²) < 4.78 is 26.6. The Balaban J connectivity index is 2.45. The number of hydrogen-bond acceptors (Lipinski definition) is 3. The van der Waals surface area contributed by atoms with Gasteiger partial charge < -0.3 is 5.32 Å². The predicted octanol–water partition coefficient (Wildman–Crippen LogP) is 4.42. The van der Waals surface area contributed by atoms with E-state index < -0.39 is 11.6 Å². The van der Waals surface area contributed by atoms with E-state index in [0.717, 1.165) is 12.1 Å². The van der Waals surface area contributed by atoms with E-state index in [1.807, 2.05) is 0 Å². The van der Waals surface area contributed by atoms with Gasteiger partial charge in [0.25, 0.3) is 0 Å². The van der Waals surface area contributed by atoms with Crippen LogP contribution in [0.1, 0.15) is 11.4 Å². The third-order valence-corrected chi connectivity index (χ3v) is 3.08. The second-order valence-electron chi connectivity index (χ2n) is 3.90. The van der Waals surface area contributed by atoms with Gasteiger partial charge in [-0.05, 0) is 19.9 Å². The highest BCUT2D eigenvalue weighted by atomic mass is 35.5. The van der Waals surface area contributed by atoms with Crippen LogP contribution in [0.2, 0.25) is 10.2 Å². The molecule has 0 aliphatic carbocycles. The molecule has 19 heavy (non-hydrogen) atoms. The van der Waals surface area contributed by atoms with Crippen LogP contribution in [-0.4, -0.2) is 9.97 Å². The highest BCUT2D eigenvalue weighted by Crippen LogP contribution is 2.31. The van der Waals surface area contributed by atoms with Crippen LogP contribution >= 0.6 is 23.2 Å². The zero-order valence-electron chi connectivity index (χ0n) is 10.1. The summed E-state index contributed by atoms with van der Waals surface area (Å²) in [4.78, 5) is 8.19. The lowest BCUT2D eigenvalue weighted by molar-refractivity contribution is 0.586. The molecule has 1 heterocycles. The molecule has 0 aliphatic rings. The number of nitrogens with zero attached hydrogens (tertiary/aromatic N) is 2. The highest BCUT2D eigenvalue weighted by Gasteiger charge is 2.14. The lowest BCUT2D eigenvalue weighted by Gasteiger charge is -2.11. The molecule has 2 rings (SSSR count). The van der Waals surface area contributed by atoms with Crippen LogP contribution < -0.4 is 5.32 Å². The Morgan fingerprint density at radius 3 is 2.32 bits per heavy atom. The van der Waals surface area contributed by atoms with Crippen molar-refractivity contribution in [2.24, 2.45) is 0 Å². The summed E-state index contributed by atoms with van der Waals surface area (Å²) >= 11 is 11.7. The minimum Gasteiger partial charge on any atom is -0.334 e. The van der Waals surface area contributed by atoms with Gasteiger partial charge in [-0.1, -0.05) is 23.2 Å². The number of aryl methyl sites for hydroxylation is 2. The topological polar surface area (TPSA) is 37.8 Å². The van der Waals surface area contributed by atoms with Gasteiger partial charge in [-0.3, -0.25) is 0 Å². The zero-order chi connectivity index (χ0) is 14.2. The van der Waals surface area contributed by atoms with E-state index in [0.29, 0.717) is 11.4 Å². The molecule has 0 radical (unpaired) electrons. The first kappa shape index (κ1) is 14.0. The first-order chi connectivity index (χ1) is 8.88. The van der Waals surface area contributed by atoms with Gasteiger partial charge in [0.2, 0.25) is 0 Å². The molecule has 1 aromatic carbocycles. The van der Waals surface area contributed by atoms with Gasteiger partial charge >= 0.3 is 0 Å². The van der Waals surface area contributed by atoms with Crippen LogP contribution in [0.15, 0.2) is 12.1 Å². The number of aromatic nitrogens is 2. The fourth-order valence-electron chi connectivity index (χ4n) is 1.44. The molecule has 2 aromatic rings. The molecule has 0 spiro atoms. The predicted molar refractivity (Wildman–Crippen MR) is 71.2 cm³/mol. The number of halogens is 4. The normalized spacial score (nSPS) is 10.6. The van der Waals surface area contributed by atoms with Crippen molar-refractivity contribution in [3.63, 3.8) is 0 Å². The Hall–Kier alpha value is -1.46. The molecule has 0 unspecified atom stereocenters. The van der Waals surface area contributed by atoms with Gasteiger partial charge in [-0.25, -0.2) is 18.7 Å². The van der Waals surface area contributed by atoms with Crippen LogP contribution in [-0.2, 0) is 0 Å². The largest absolute Gasteiger partial charge is 0.334 e. The first-order valence-electron chi connectivity index (χ1n) is 5.31. The quantitative estimate of drug-likeness (QED) is 0.892. The van der Waals surface area contributed by atoms with E-state index in [1.54, 1.807) is 13.8 Å². The van der Waals surface area contributed by atoms with Crippen molar-refractivity contribution < 1.29 is 8.78 Å². The molecular formula is C12H9Cl2F2N3. The van der Waals surface area contributed by atoms with Gasteiger partial charge in [0, 0.05) is 6.07 Å². The summed E-state index contributed by atoms with van der Waals surface area (Å²) in [5.41, 5.74) is 1.22. The van der Waals surface area contributed by atoms with E-state index in [4.69, 9.17) is 23.2 Å². The maximum atomic E-state index is 13.6. The van der Waals surface area contributed by atoms with E-state index in [9.17, 15) is 8.78 Å². The van der Waals surface area contributed by atoms with E-state index in [2.05, 4.69) is 15.3 Å². The van der Waals surface area contributed by atoms with E-state index >= 15 is 0 Å². The third-order valence-electron chi connectivity index (χ3n) is 2.51. The molecule has 0 atom stereocenters. The van der Waals surface area contributed by atoms with Gasteiger partial charge in [-0.15, -0.1) is 0 Å². The Kier molecular flexibility index (Phi) is 3.87. The number of rotatable bonds is 2. The smallest absolute Gasteiger partial charge is 0.172 e. The summed E-state index contributed by atoms with van der Waals surface area (Å²) in [6.45, 7) is 3.50. The summed E-state index contributed by atoms with van der Waals surface area (Å²) in [6.07, 6.45) is 0. The Morgan fingerprint density at radius 2 is 1.68 bits per heavy atom. The Morgan fingerprint density at radius 1 is 1.05 bits per heavy atom. The monoisotopic (exact) mass is 303 g/mol. The number of anilines is 2. The molecule has 100 valence electrons.